The van der Waals surface area contributed by atoms with Crippen molar-refractivity contribution < 1.29 is 4.74 Å². The van der Waals surface area contributed by atoms with Gasteiger partial charge in [-0.25, -0.2) is 0 Å². The van der Waals surface area contributed by atoms with Crippen LogP contribution in [-0.2, 0) is 0 Å². The summed E-state index contributed by atoms with van der Waals surface area (Å²) in [5.41, 5.74) is 8.50. The van der Waals surface area contributed by atoms with Crippen LogP contribution in [0.4, 0.5) is 5.69 Å². The normalized spacial score (nSPS) is 18.4. The zero-order valence-corrected chi connectivity index (χ0v) is 13.1. The number of anilines is 1. The molecule has 0 bridgehead atoms. The standard InChI is InChI=1S/C16H27N3O/c1-12(2)18-8-10-19(11-9-18)14-6-5-7-15(20-4)16(14)13(3)17/h5-7,12-13H,8-11,17H2,1-4H3. The van der Waals surface area contributed by atoms with Gasteiger partial charge >= 0.3 is 0 Å². The van der Waals surface area contributed by atoms with Crippen molar-refractivity contribution in [3.63, 3.8) is 0 Å². The molecule has 0 radical (unpaired) electrons. The van der Waals surface area contributed by atoms with Gasteiger partial charge in [-0.2, -0.15) is 0 Å². The van der Waals surface area contributed by atoms with Gasteiger partial charge in [0.25, 0.3) is 0 Å². The second-order valence-corrected chi connectivity index (χ2v) is 5.80. The second-order valence-electron chi connectivity index (χ2n) is 5.80. The highest BCUT2D eigenvalue weighted by atomic mass is 16.5. The maximum absolute atomic E-state index is 6.16. The van der Waals surface area contributed by atoms with Crippen molar-refractivity contribution >= 4 is 5.69 Å². The van der Waals surface area contributed by atoms with E-state index < -0.39 is 0 Å². The third-order valence-electron chi connectivity index (χ3n) is 4.10. The van der Waals surface area contributed by atoms with Crippen LogP contribution in [0.3, 0.4) is 0 Å². The molecule has 0 saturated carbocycles. The first-order valence-corrected chi connectivity index (χ1v) is 7.46. The van der Waals surface area contributed by atoms with Gasteiger partial charge in [-0.15, -0.1) is 0 Å². The fraction of sp³-hybridized carbons (Fsp3) is 0.625. The minimum absolute atomic E-state index is 0.0238. The topological polar surface area (TPSA) is 41.7 Å². The molecular formula is C16H27N3O. The lowest BCUT2D eigenvalue weighted by Crippen LogP contribution is -2.49. The average Bonchev–Trinajstić information content (AvgIpc) is 2.46. The largest absolute Gasteiger partial charge is 0.496 e. The zero-order chi connectivity index (χ0) is 14.7. The van der Waals surface area contributed by atoms with Crippen molar-refractivity contribution in [3.8, 4) is 5.75 Å². The van der Waals surface area contributed by atoms with Crippen LogP contribution in [-0.4, -0.2) is 44.2 Å². The van der Waals surface area contributed by atoms with Crippen molar-refractivity contribution in [1.82, 2.24) is 4.90 Å². The Bertz CT molecular complexity index is 437. The Morgan fingerprint density at radius 1 is 1.10 bits per heavy atom. The van der Waals surface area contributed by atoms with E-state index in [9.17, 15) is 0 Å². The molecule has 0 amide bonds. The predicted octanol–water partition coefficient (Wildman–Crippen LogP) is 2.25. The van der Waals surface area contributed by atoms with E-state index in [1.165, 1.54) is 5.69 Å². The smallest absolute Gasteiger partial charge is 0.125 e. The molecule has 2 N–H and O–H groups in total. The summed E-state index contributed by atoms with van der Waals surface area (Å²) in [6.45, 7) is 10.8. The van der Waals surface area contributed by atoms with Gasteiger partial charge in [0.15, 0.2) is 0 Å². The molecule has 0 spiro atoms. The van der Waals surface area contributed by atoms with Crippen LogP contribution >= 0.6 is 0 Å². The zero-order valence-electron chi connectivity index (χ0n) is 13.1. The predicted molar refractivity (Wildman–Crippen MR) is 84.5 cm³/mol. The van der Waals surface area contributed by atoms with E-state index in [1.54, 1.807) is 7.11 Å². The molecule has 4 nitrogen and oxygen atoms in total. The van der Waals surface area contributed by atoms with Crippen molar-refractivity contribution in [2.45, 2.75) is 32.9 Å². The molecule has 0 aliphatic carbocycles. The molecule has 0 aromatic heterocycles. The van der Waals surface area contributed by atoms with Crippen molar-refractivity contribution in [3.05, 3.63) is 23.8 Å². The molecule has 4 heteroatoms. The molecule has 1 saturated heterocycles. The molecule has 1 aromatic carbocycles. The molecule has 2 rings (SSSR count). The molecule has 1 unspecified atom stereocenters. The van der Waals surface area contributed by atoms with Gasteiger partial charge < -0.3 is 15.4 Å². The van der Waals surface area contributed by atoms with E-state index >= 15 is 0 Å². The van der Waals surface area contributed by atoms with Crippen LogP contribution < -0.4 is 15.4 Å². The Morgan fingerprint density at radius 3 is 2.25 bits per heavy atom. The van der Waals surface area contributed by atoms with Crippen LogP contribution in [0.15, 0.2) is 18.2 Å². The molecule has 112 valence electrons. The highest BCUT2D eigenvalue weighted by Crippen LogP contribution is 2.34. The Labute approximate surface area is 122 Å². The third kappa shape index (κ3) is 3.07. The Morgan fingerprint density at radius 2 is 1.75 bits per heavy atom. The fourth-order valence-electron chi connectivity index (χ4n) is 2.92. The van der Waals surface area contributed by atoms with E-state index in [0.29, 0.717) is 6.04 Å². The molecule has 1 aromatic rings. The number of methoxy groups -OCH3 is 1. The van der Waals surface area contributed by atoms with E-state index in [2.05, 4.69) is 35.8 Å². The van der Waals surface area contributed by atoms with Crippen LogP contribution in [0.1, 0.15) is 32.4 Å². The summed E-state index contributed by atoms with van der Waals surface area (Å²) in [6.07, 6.45) is 0. The van der Waals surface area contributed by atoms with E-state index in [4.69, 9.17) is 10.5 Å². The molecule has 1 heterocycles. The van der Waals surface area contributed by atoms with E-state index in [1.807, 2.05) is 13.0 Å². The number of nitrogens with zero attached hydrogens (tertiary/aromatic N) is 2. The number of hydrogen-bond acceptors (Lipinski definition) is 4. The van der Waals surface area contributed by atoms with Crippen LogP contribution in [0.5, 0.6) is 5.75 Å². The minimum Gasteiger partial charge on any atom is -0.496 e. The van der Waals surface area contributed by atoms with Crippen LogP contribution in [0.2, 0.25) is 0 Å². The van der Waals surface area contributed by atoms with Gasteiger partial charge in [0.05, 0.1) is 7.11 Å². The molecular weight excluding hydrogens is 250 g/mol. The van der Waals surface area contributed by atoms with Gasteiger partial charge in [0.1, 0.15) is 5.75 Å². The Balaban J connectivity index is 2.21. The number of nitrogens with two attached hydrogens (primary N) is 1. The minimum atomic E-state index is -0.0238. The van der Waals surface area contributed by atoms with Gasteiger partial charge in [0.2, 0.25) is 0 Å². The van der Waals surface area contributed by atoms with Crippen LogP contribution in [0, 0.1) is 0 Å². The number of hydrogen-bond donors (Lipinski definition) is 1. The first kappa shape index (κ1) is 15.1. The summed E-state index contributed by atoms with van der Waals surface area (Å²) in [5.74, 6) is 0.892. The summed E-state index contributed by atoms with van der Waals surface area (Å²) < 4.78 is 5.48. The molecule has 1 aliphatic heterocycles. The summed E-state index contributed by atoms with van der Waals surface area (Å²) in [4.78, 5) is 4.95. The van der Waals surface area contributed by atoms with Gasteiger partial charge in [-0.3, -0.25) is 4.90 Å². The molecule has 20 heavy (non-hydrogen) atoms. The maximum atomic E-state index is 6.16. The summed E-state index contributed by atoms with van der Waals surface area (Å²) in [6, 6.07) is 6.80. The van der Waals surface area contributed by atoms with Crippen LogP contribution in [0.25, 0.3) is 0 Å². The van der Waals surface area contributed by atoms with E-state index in [-0.39, 0.29) is 6.04 Å². The Kier molecular flexibility index (Phi) is 4.89. The van der Waals surface area contributed by atoms with Gasteiger partial charge in [-0.1, -0.05) is 6.07 Å². The third-order valence-corrected chi connectivity index (χ3v) is 4.10. The monoisotopic (exact) mass is 277 g/mol. The number of ether oxygens (including phenoxy) is 1. The lowest BCUT2D eigenvalue weighted by Gasteiger charge is -2.39. The SMILES string of the molecule is COc1cccc(N2CCN(C(C)C)CC2)c1C(C)N. The quantitative estimate of drug-likeness (QED) is 0.916. The van der Waals surface area contributed by atoms with Crippen molar-refractivity contribution in [2.24, 2.45) is 5.73 Å². The molecule has 1 aliphatic rings. The highest BCUT2D eigenvalue weighted by molar-refractivity contribution is 5.61. The molecule has 1 atom stereocenters. The summed E-state index contributed by atoms with van der Waals surface area (Å²) in [5, 5.41) is 0. The average molecular weight is 277 g/mol. The number of piperazine rings is 1. The highest BCUT2D eigenvalue weighted by Gasteiger charge is 2.23. The van der Waals surface area contributed by atoms with E-state index in [0.717, 1.165) is 37.5 Å². The molecule has 1 fully saturated rings. The Hall–Kier alpha value is -1.26. The lowest BCUT2D eigenvalue weighted by molar-refractivity contribution is 0.209. The first-order valence-electron chi connectivity index (χ1n) is 7.46. The maximum Gasteiger partial charge on any atom is 0.125 e. The number of rotatable bonds is 4. The van der Waals surface area contributed by atoms with Gasteiger partial charge in [0, 0.05) is 49.5 Å². The summed E-state index contributed by atoms with van der Waals surface area (Å²) >= 11 is 0. The number of benzene rings is 1. The van der Waals surface area contributed by atoms with Crippen molar-refractivity contribution in [1.29, 1.82) is 0 Å². The lowest BCUT2D eigenvalue weighted by atomic mass is 10.0. The second kappa shape index (κ2) is 6.46. The fourth-order valence-corrected chi connectivity index (χ4v) is 2.92. The first-order chi connectivity index (χ1) is 9.54. The summed E-state index contributed by atoms with van der Waals surface area (Å²) in [7, 11) is 1.71. The van der Waals surface area contributed by atoms with Crippen molar-refractivity contribution in [2.75, 3.05) is 38.2 Å². The van der Waals surface area contributed by atoms with Gasteiger partial charge in [-0.05, 0) is 32.9 Å².